The zero-order valence-corrected chi connectivity index (χ0v) is 12.5. The van der Waals surface area contributed by atoms with Gasteiger partial charge in [-0.25, -0.2) is 0 Å². The quantitative estimate of drug-likeness (QED) is 0.756. The van der Waals surface area contributed by atoms with Crippen LogP contribution in [0.1, 0.15) is 51.9 Å². The molecule has 0 amide bonds. The first kappa shape index (κ1) is 14.3. The van der Waals surface area contributed by atoms with E-state index >= 15 is 0 Å². The monoisotopic (exact) mass is 252 g/mol. The van der Waals surface area contributed by atoms with Crippen LogP contribution in [-0.2, 0) is 0 Å². The van der Waals surface area contributed by atoms with Gasteiger partial charge in [0.05, 0.1) is 0 Å². The van der Waals surface area contributed by atoms with Crippen molar-refractivity contribution < 1.29 is 0 Å². The molecule has 1 saturated carbocycles. The molecule has 0 aromatic rings. The Kier molecular flexibility index (Phi) is 5.97. The molecule has 2 rings (SSSR count). The second-order valence-corrected chi connectivity index (χ2v) is 6.89. The van der Waals surface area contributed by atoms with E-state index in [1.807, 2.05) is 0 Å². The summed E-state index contributed by atoms with van der Waals surface area (Å²) >= 11 is 0. The zero-order chi connectivity index (χ0) is 12.8. The summed E-state index contributed by atoms with van der Waals surface area (Å²) in [5, 5.41) is 3.71. The Hall–Kier alpha value is -0.0800. The maximum absolute atomic E-state index is 3.71. The average Bonchev–Trinajstić information content (AvgIpc) is 2.37. The summed E-state index contributed by atoms with van der Waals surface area (Å²) in [6, 6.07) is 0. The predicted octanol–water partition coefficient (Wildman–Crippen LogP) is 3.13. The SMILES string of the molecule is CC1CCC(CCNCC2CCCN(C)C2)CC1. The van der Waals surface area contributed by atoms with Crippen LogP contribution in [-0.4, -0.2) is 38.1 Å². The van der Waals surface area contributed by atoms with Crippen molar-refractivity contribution in [3.8, 4) is 0 Å². The van der Waals surface area contributed by atoms with Gasteiger partial charge in [-0.15, -0.1) is 0 Å². The van der Waals surface area contributed by atoms with Gasteiger partial charge in [0.25, 0.3) is 0 Å². The summed E-state index contributed by atoms with van der Waals surface area (Å²) in [5.41, 5.74) is 0. The topological polar surface area (TPSA) is 15.3 Å². The van der Waals surface area contributed by atoms with Crippen LogP contribution in [0, 0.1) is 17.8 Å². The van der Waals surface area contributed by atoms with Gasteiger partial charge in [-0.2, -0.15) is 0 Å². The van der Waals surface area contributed by atoms with Crippen molar-refractivity contribution in [1.29, 1.82) is 0 Å². The molecule has 1 aliphatic carbocycles. The van der Waals surface area contributed by atoms with Crippen molar-refractivity contribution in [2.24, 2.45) is 17.8 Å². The molecule has 0 spiro atoms. The molecular weight excluding hydrogens is 220 g/mol. The Morgan fingerprint density at radius 1 is 1.06 bits per heavy atom. The van der Waals surface area contributed by atoms with E-state index < -0.39 is 0 Å². The first-order valence-electron chi connectivity index (χ1n) is 8.13. The summed E-state index contributed by atoms with van der Waals surface area (Å²) in [5.74, 6) is 2.91. The number of likely N-dealkylation sites (tertiary alicyclic amines) is 1. The highest BCUT2D eigenvalue weighted by molar-refractivity contribution is 4.74. The molecule has 0 bridgehead atoms. The first-order valence-corrected chi connectivity index (χ1v) is 8.13. The molecule has 0 radical (unpaired) electrons. The zero-order valence-electron chi connectivity index (χ0n) is 12.5. The van der Waals surface area contributed by atoms with Crippen LogP contribution in [0.4, 0.5) is 0 Å². The third kappa shape index (κ3) is 4.89. The second-order valence-electron chi connectivity index (χ2n) is 6.89. The molecule has 2 heteroatoms. The van der Waals surface area contributed by atoms with Gasteiger partial charge in [-0.3, -0.25) is 0 Å². The van der Waals surface area contributed by atoms with E-state index in [9.17, 15) is 0 Å². The third-order valence-corrected chi connectivity index (χ3v) is 5.02. The van der Waals surface area contributed by atoms with Crippen LogP contribution in [0.3, 0.4) is 0 Å². The van der Waals surface area contributed by atoms with Crippen molar-refractivity contribution in [3.63, 3.8) is 0 Å². The Labute approximate surface area is 114 Å². The number of hydrogen-bond donors (Lipinski definition) is 1. The van der Waals surface area contributed by atoms with Gasteiger partial charge in [0.2, 0.25) is 0 Å². The van der Waals surface area contributed by atoms with E-state index in [2.05, 4.69) is 24.2 Å². The fourth-order valence-electron chi connectivity index (χ4n) is 3.67. The highest BCUT2D eigenvalue weighted by Gasteiger charge is 2.19. The van der Waals surface area contributed by atoms with Gasteiger partial charge in [-0.1, -0.05) is 32.6 Å². The predicted molar refractivity (Wildman–Crippen MR) is 78.8 cm³/mol. The Morgan fingerprint density at radius 3 is 2.56 bits per heavy atom. The molecule has 1 aliphatic heterocycles. The van der Waals surface area contributed by atoms with Crippen molar-refractivity contribution in [1.82, 2.24) is 10.2 Å². The van der Waals surface area contributed by atoms with E-state index in [1.54, 1.807) is 0 Å². The molecule has 106 valence electrons. The summed E-state index contributed by atoms with van der Waals surface area (Å²) in [4.78, 5) is 2.48. The molecule has 2 aliphatic rings. The van der Waals surface area contributed by atoms with Crippen LogP contribution in [0.25, 0.3) is 0 Å². The summed E-state index contributed by atoms with van der Waals surface area (Å²) in [7, 11) is 2.26. The van der Waals surface area contributed by atoms with E-state index in [1.165, 1.54) is 71.1 Å². The Balaban J connectivity index is 1.50. The minimum atomic E-state index is 0.898. The molecule has 1 heterocycles. The van der Waals surface area contributed by atoms with Crippen LogP contribution in [0.15, 0.2) is 0 Å². The van der Waals surface area contributed by atoms with Crippen LogP contribution in [0.2, 0.25) is 0 Å². The highest BCUT2D eigenvalue weighted by atomic mass is 15.1. The normalized spacial score (nSPS) is 34.7. The molecular formula is C16H32N2. The maximum atomic E-state index is 3.71. The van der Waals surface area contributed by atoms with Crippen LogP contribution in [0.5, 0.6) is 0 Å². The third-order valence-electron chi connectivity index (χ3n) is 5.02. The average molecular weight is 252 g/mol. The molecule has 2 fully saturated rings. The highest BCUT2D eigenvalue weighted by Crippen LogP contribution is 2.29. The van der Waals surface area contributed by atoms with E-state index in [0.717, 1.165) is 17.8 Å². The smallest absolute Gasteiger partial charge is 0.00187 e. The van der Waals surface area contributed by atoms with Gasteiger partial charge in [0.15, 0.2) is 0 Å². The van der Waals surface area contributed by atoms with Gasteiger partial charge >= 0.3 is 0 Å². The first-order chi connectivity index (χ1) is 8.74. The van der Waals surface area contributed by atoms with Crippen molar-refractivity contribution in [2.45, 2.75) is 51.9 Å². The van der Waals surface area contributed by atoms with Crippen LogP contribution < -0.4 is 5.32 Å². The lowest BCUT2D eigenvalue weighted by molar-refractivity contribution is 0.204. The molecule has 0 aromatic carbocycles. The Morgan fingerprint density at radius 2 is 1.83 bits per heavy atom. The minimum Gasteiger partial charge on any atom is -0.316 e. The lowest BCUT2D eigenvalue weighted by atomic mass is 9.81. The molecule has 0 aromatic heterocycles. The van der Waals surface area contributed by atoms with Gasteiger partial charge in [0.1, 0.15) is 0 Å². The van der Waals surface area contributed by atoms with E-state index in [4.69, 9.17) is 0 Å². The molecule has 1 saturated heterocycles. The molecule has 2 nitrogen and oxygen atoms in total. The van der Waals surface area contributed by atoms with Crippen molar-refractivity contribution in [3.05, 3.63) is 0 Å². The second kappa shape index (κ2) is 7.49. The van der Waals surface area contributed by atoms with Crippen LogP contribution >= 0.6 is 0 Å². The van der Waals surface area contributed by atoms with Crippen molar-refractivity contribution in [2.75, 3.05) is 33.2 Å². The number of piperidine rings is 1. The van der Waals surface area contributed by atoms with E-state index in [-0.39, 0.29) is 0 Å². The van der Waals surface area contributed by atoms with Crippen molar-refractivity contribution >= 4 is 0 Å². The van der Waals surface area contributed by atoms with Gasteiger partial charge in [-0.05, 0) is 63.7 Å². The number of nitrogens with zero attached hydrogens (tertiary/aromatic N) is 1. The molecule has 1 N–H and O–H groups in total. The maximum Gasteiger partial charge on any atom is 0.00187 e. The number of nitrogens with one attached hydrogen (secondary N) is 1. The summed E-state index contributed by atoms with van der Waals surface area (Å²) < 4.78 is 0. The minimum absolute atomic E-state index is 0.898. The van der Waals surface area contributed by atoms with Gasteiger partial charge in [0, 0.05) is 6.54 Å². The fraction of sp³-hybridized carbons (Fsp3) is 1.00. The lowest BCUT2D eigenvalue weighted by Gasteiger charge is -2.30. The molecule has 18 heavy (non-hydrogen) atoms. The summed E-state index contributed by atoms with van der Waals surface area (Å²) in [6.45, 7) is 7.51. The standard InChI is InChI=1S/C16H32N2/c1-14-5-7-15(8-6-14)9-10-17-12-16-4-3-11-18(2)13-16/h14-17H,3-13H2,1-2H3. The largest absolute Gasteiger partial charge is 0.316 e. The lowest BCUT2D eigenvalue weighted by Crippen LogP contribution is -2.37. The number of hydrogen-bond acceptors (Lipinski definition) is 2. The van der Waals surface area contributed by atoms with Gasteiger partial charge < -0.3 is 10.2 Å². The number of rotatable bonds is 5. The fourth-order valence-corrected chi connectivity index (χ4v) is 3.67. The summed E-state index contributed by atoms with van der Waals surface area (Å²) in [6.07, 6.45) is 10.1. The Bertz CT molecular complexity index is 221. The molecule has 1 atom stereocenters. The molecule has 1 unspecified atom stereocenters. The van der Waals surface area contributed by atoms with E-state index in [0.29, 0.717) is 0 Å².